The monoisotopic (exact) mass is 295 g/mol. The molecule has 0 aromatic carbocycles. The van der Waals surface area contributed by atoms with E-state index in [0.29, 0.717) is 12.6 Å². The Morgan fingerprint density at radius 2 is 2.38 bits per heavy atom. The van der Waals surface area contributed by atoms with Gasteiger partial charge in [0, 0.05) is 26.7 Å². The van der Waals surface area contributed by atoms with Crippen LogP contribution in [0.4, 0.5) is 0 Å². The summed E-state index contributed by atoms with van der Waals surface area (Å²) in [7, 11) is 1.75. The molecule has 0 aliphatic carbocycles. The van der Waals surface area contributed by atoms with E-state index in [1.807, 2.05) is 4.68 Å². The highest BCUT2D eigenvalue weighted by molar-refractivity contribution is 5.79. The van der Waals surface area contributed by atoms with Gasteiger partial charge < -0.3 is 15.4 Å². The molecule has 8 nitrogen and oxygen atoms in total. The summed E-state index contributed by atoms with van der Waals surface area (Å²) < 4.78 is 7.42. The van der Waals surface area contributed by atoms with Crippen molar-refractivity contribution >= 4 is 5.96 Å². The molecule has 1 fully saturated rings. The number of hydrogen-bond acceptors (Lipinski definition) is 5. The van der Waals surface area contributed by atoms with Crippen LogP contribution in [0.25, 0.3) is 0 Å². The zero-order valence-corrected chi connectivity index (χ0v) is 12.9. The molecule has 0 radical (unpaired) electrons. The number of tetrazole rings is 1. The smallest absolute Gasteiger partial charge is 0.191 e. The van der Waals surface area contributed by atoms with Crippen molar-refractivity contribution in [3.8, 4) is 0 Å². The third-order valence-corrected chi connectivity index (χ3v) is 3.49. The lowest BCUT2D eigenvalue weighted by Crippen LogP contribution is -2.41. The quantitative estimate of drug-likeness (QED) is 0.556. The molecular formula is C13H25N7O. The summed E-state index contributed by atoms with van der Waals surface area (Å²) in [5.41, 5.74) is 0. The van der Waals surface area contributed by atoms with Crippen LogP contribution in [0.1, 0.15) is 38.4 Å². The van der Waals surface area contributed by atoms with Crippen molar-refractivity contribution < 1.29 is 4.74 Å². The van der Waals surface area contributed by atoms with Gasteiger partial charge >= 0.3 is 0 Å². The topological polar surface area (TPSA) is 89.3 Å². The first-order valence-electron chi connectivity index (χ1n) is 7.64. The molecule has 2 rings (SSSR count). The van der Waals surface area contributed by atoms with E-state index in [9.17, 15) is 0 Å². The molecule has 0 bridgehead atoms. The Bertz CT molecular complexity index is 439. The highest BCUT2D eigenvalue weighted by Gasteiger charge is 2.15. The van der Waals surface area contributed by atoms with E-state index in [2.05, 4.69) is 38.1 Å². The second-order valence-electron chi connectivity index (χ2n) is 5.11. The molecular weight excluding hydrogens is 270 g/mol. The van der Waals surface area contributed by atoms with Gasteiger partial charge in [-0.05, 0) is 29.7 Å². The minimum Gasteiger partial charge on any atom is -0.376 e. The van der Waals surface area contributed by atoms with Gasteiger partial charge in [0.1, 0.15) is 0 Å². The van der Waals surface area contributed by atoms with E-state index in [-0.39, 0.29) is 0 Å². The van der Waals surface area contributed by atoms with Crippen LogP contribution in [0.3, 0.4) is 0 Å². The van der Waals surface area contributed by atoms with E-state index >= 15 is 0 Å². The lowest BCUT2D eigenvalue weighted by atomic mass is 10.2. The molecule has 21 heavy (non-hydrogen) atoms. The molecule has 2 N–H and O–H groups in total. The molecule has 8 heteroatoms. The Labute approximate surface area is 125 Å². The Hall–Kier alpha value is -1.70. The van der Waals surface area contributed by atoms with Crippen LogP contribution in [-0.4, -0.2) is 52.5 Å². The summed E-state index contributed by atoms with van der Waals surface area (Å²) in [5.74, 6) is 1.57. The van der Waals surface area contributed by atoms with Crippen LogP contribution in [0.5, 0.6) is 0 Å². The highest BCUT2D eigenvalue weighted by atomic mass is 16.5. The van der Waals surface area contributed by atoms with Gasteiger partial charge in [-0.25, -0.2) is 4.68 Å². The summed E-state index contributed by atoms with van der Waals surface area (Å²) in [6.45, 7) is 5.20. The van der Waals surface area contributed by atoms with Crippen molar-refractivity contribution in [2.45, 2.75) is 51.8 Å². The van der Waals surface area contributed by atoms with Crippen LogP contribution in [0.15, 0.2) is 4.99 Å². The molecule has 1 aromatic heterocycles. The van der Waals surface area contributed by atoms with E-state index in [1.165, 1.54) is 0 Å². The number of unbranched alkanes of at least 4 members (excludes halogenated alkanes) is 1. The maximum Gasteiger partial charge on any atom is 0.191 e. The van der Waals surface area contributed by atoms with Gasteiger partial charge in [-0.2, -0.15) is 0 Å². The Kier molecular flexibility index (Phi) is 6.39. The van der Waals surface area contributed by atoms with Crippen LogP contribution in [0.2, 0.25) is 0 Å². The molecule has 1 aliphatic heterocycles. The zero-order valence-electron chi connectivity index (χ0n) is 12.9. The number of aryl methyl sites for hydroxylation is 1. The van der Waals surface area contributed by atoms with Crippen LogP contribution in [0, 0.1) is 0 Å². The second-order valence-corrected chi connectivity index (χ2v) is 5.11. The first-order chi connectivity index (χ1) is 10.3. The Morgan fingerprint density at radius 1 is 1.48 bits per heavy atom. The molecule has 0 amide bonds. The lowest BCUT2D eigenvalue weighted by molar-refractivity contribution is 0.114. The molecule has 1 saturated heterocycles. The highest BCUT2D eigenvalue weighted by Crippen LogP contribution is 2.10. The van der Waals surface area contributed by atoms with Crippen molar-refractivity contribution in [2.24, 2.45) is 4.99 Å². The summed E-state index contributed by atoms with van der Waals surface area (Å²) in [6, 6.07) is 0. The number of nitrogens with one attached hydrogen (secondary N) is 2. The molecule has 1 aromatic rings. The lowest BCUT2D eigenvalue weighted by Gasteiger charge is -2.14. The third kappa shape index (κ3) is 4.96. The number of rotatable bonds is 7. The SMILES string of the molecule is CCCCn1nnnc1CNC(=NC)NC[C@@H]1CCCO1. The van der Waals surface area contributed by atoms with E-state index in [1.54, 1.807) is 7.05 Å². The minimum absolute atomic E-state index is 0.290. The normalized spacial score (nSPS) is 19.0. The summed E-state index contributed by atoms with van der Waals surface area (Å²) in [4.78, 5) is 4.20. The second kappa shape index (κ2) is 8.56. The predicted octanol–water partition coefficient (Wildman–Crippen LogP) is 0.317. The van der Waals surface area contributed by atoms with Gasteiger partial charge in [0.15, 0.2) is 11.8 Å². The van der Waals surface area contributed by atoms with Crippen molar-refractivity contribution in [3.05, 3.63) is 5.82 Å². The fraction of sp³-hybridized carbons (Fsp3) is 0.846. The first kappa shape index (κ1) is 15.7. The van der Waals surface area contributed by atoms with Gasteiger partial charge in [0.05, 0.1) is 12.6 Å². The Morgan fingerprint density at radius 3 is 3.10 bits per heavy atom. The molecule has 118 valence electrons. The van der Waals surface area contributed by atoms with Gasteiger partial charge in [0.2, 0.25) is 0 Å². The molecule has 2 heterocycles. The summed E-state index contributed by atoms with van der Waals surface area (Å²) >= 11 is 0. The first-order valence-corrected chi connectivity index (χ1v) is 7.64. The van der Waals surface area contributed by atoms with Gasteiger partial charge in [-0.15, -0.1) is 5.10 Å². The van der Waals surface area contributed by atoms with Crippen molar-refractivity contribution in [1.82, 2.24) is 30.8 Å². The van der Waals surface area contributed by atoms with Gasteiger partial charge in [-0.3, -0.25) is 4.99 Å². The maximum atomic E-state index is 5.58. The van der Waals surface area contributed by atoms with Crippen molar-refractivity contribution in [1.29, 1.82) is 0 Å². The largest absolute Gasteiger partial charge is 0.376 e. The van der Waals surface area contributed by atoms with Crippen LogP contribution < -0.4 is 10.6 Å². The van der Waals surface area contributed by atoms with Crippen LogP contribution in [-0.2, 0) is 17.8 Å². The van der Waals surface area contributed by atoms with Crippen LogP contribution >= 0.6 is 0 Å². The molecule has 0 saturated carbocycles. The third-order valence-electron chi connectivity index (χ3n) is 3.49. The zero-order chi connectivity index (χ0) is 14.9. The average Bonchev–Trinajstić information content (AvgIpc) is 3.16. The average molecular weight is 295 g/mol. The van der Waals surface area contributed by atoms with Gasteiger partial charge in [0.25, 0.3) is 0 Å². The predicted molar refractivity (Wildman–Crippen MR) is 79.9 cm³/mol. The standard InChI is InChI=1S/C13H25N7O/c1-3-4-7-20-12(17-18-19-20)10-16-13(14-2)15-9-11-6-5-8-21-11/h11H,3-10H2,1-2H3,(H2,14,15,16)/t11-/m0/s1. The number of aromatic nitrogens is 4. The van der Waals surface area contributed by atoms with E-state index in [4.69, 9.17) is 4.74 Å². The molecule has 0 unspecified atom stereocenters. The Balaban J connectivity index is 1.75. The minimum atomic E-state index is 0.290. The molecule has 1 aliphatic rings. The fourth-order valence-corrected chi connectivity index (χ4v) is 2.23. The number of nitrogens with zero attached hydrogens (tertiary/aromatic N) is 5. The number of ether oxygens (including phenoxy) is 1. The number of aliphatic imine (C=N–C) groups is 1. The van der Waals surface area contributed by atoms with E-state index in [0.717, 1.165) is 57.2 Å². The number of hydrogen-bond donors (Lipinski definition) is 2. The summed E-state index contributed by atoms with van der Waals surface area (Å²) in [5, 5.41) is 18.3. The number of guanidine groups is 1. The summed E-state index contributed by atoms with van der Waals surface area (Å²) in [6.07, 6.45) is 4.74. The molecule has 1 atom stereocenters. The fourth-order valence-electron chi connectivity index (χ4n) is 2.23. The van der Waals surface area contributed by atoms with E-state index < -0.39 is 0 Å². The van der Waals surface area contributed by atoms with Crippen molar-refractivity contribution in [2.75, 3.05) is 20.2 Å². The molecule has 0 spiro atoms. The maximum absolute atomic E-state index is 5.58. The van der Waals surface area contributed by atoms with Crippen molar-refractivity contribution in [3.63, 3.8) is 0 Å². The van der Waals surface area contributed by atoms with Gasteiger partial charge in [-0.1, -0.05) is 13.3 Å².